The molecule has 0 atom stereocenters. The number of guanidine groups is 1. The predicted molar refractivity (Wildman–Crippen MR) is 72.4 cm³/mol. The van der Waals surface area contributed by atoms with Crippen molar-refractivity contribution in [1.82, 2.24) is 15.5 Å². The summed E-state index contributed by atoms with van der Waals surface area (Å²) >= 11 is 0. The lowest BCUT2D eigenvalue weighted by Gasteiger charge is -2.18. The lowest BCUT2D eigenvalue weighted by Crippen LogP contribution is -2.40. The number of alkyl halides is 3. The maximum atomic E-state index is 12.0. The SMILES string of the molecule is CCN(CC)CCCNC(=NC)NCCC(F)(F)F. The number of hydrogen-bond acceptors (Lipinski definition) is 2. The number of aliphatic imine (C=N–C) groups is 1. The summed E-state index contributed by atoms with van der Waals surface area (Å²) in [4.78, 5) is 6.17. The van der Waals surface area contributed by atoms with Gasteiger partial charge in [-0.05, 0) is 26.1 Å². The van der Waals surface area contributed by atoms with Crippen LogP contribution in [-0.2, 0) is 0 Å². The zero-order valence-corrected chi connectivity index (χ0v) is 12.0. The Morgan fingerprint density at radius 1 is 1.11 bits per heavy atom. The lowest BCUT2D eigenvalue weighted by molar-refractivity contribution is -0.132. The normalized spacial score (nSPS) is 12.9. The summed E-state index contributed by atoms with van der Waals surface area (Å²) in [6, 6.07) is 0. The summed E-state index contributed by atoms with van der Waals surface area (Å²) in [7, 11) is 1.55. The molecule has 4 nitrogen and oxygen atoms in total. The topological polar surface area (TPSA) is 39.7 Å². The Bertz CT molecular complexity index is 250. The van der Waals surface area contributed by atoms with E-state index in [0.717, 1.165) is 26.1 Å². The second kappa shape index (κ2) is 9.89. The fourth-order valence-corrected chi connectivity index (χ4v) is 1.59. The van der Waals surface area contributed by atoms with Crippen molar-refractivity contribution in [2.24, 2.45) is 4.99 Å². The molecule has 114 valence electrons. The molecule has 0 aromatic rings. The Kier molecular flexibility index (Phi) is 9.38. The lowest BCUT2D eigenvalue weighted by atomic mass is 10.3. The molecule has 0 saturated carbocycles. The molecule has 0 aromatic heterocycles. The van der Waals surface area contributed by atoms with Gasteiger partial charge >= 0.3 is 6.18 Å². The second-order valence-corrected chi connectivity index (χ2v) is 4.17. The first-order valence-electron chi connectivity index (χ1n) is 6.66. The molecule has 0 rings (SSSR count). The van der Waals surface area contributed by atoms with E-state index >= 15 is 0 Å². The molecule has 2 N–H and O–H groups in total. The first kappa shape index (κ1) is 18.0. The predicted octanol–water partition coefficient (Wildman–Crippen LogP) is 1.84. The van der Waals surface area contributed by atoms with Crippen LogP contribution < -0.4 is 10.6 Å². The van der Waals surface area contributed by atoms with E-state index in [9.17, 15) is 13.2 Å². The van der Waals surface area contributed by atoms with Crippen LogP contribution >= 0.6 is 0 Å². The molecule has 0 bridgehead atoms. The number of hydrogen-bond donors (Lipinski definition) is 2. The van der Waals surface area contributed by atoms with Gasteiger partial charge in [0, 0.05) is 20.1 Å². The van der Waals surface area contributed by atoms with Crippen LogP contribution in [-0.4, -0.2) is 56.8 Å². The first-order valence-corrected chi connectivity index (χ1v) is 6.66. The van der Waals surface area contributed by atoms with E-state index in [2.05, 4.69) is 34.4 Å². The maximum Gasteiger partial charge on any atom is 0.390 e. The van der Waals surface area contributed by atoms with Crippen molar-refractivity contribution in [3.63, 3.8) is 0 Å². The highest BCUT2D eigenvalue weighted by Crippen LogP contribution is 2.17. The average molecular weight is 282 g/mol. The van der Waals surface area contributed by atoms with E-state index in [-0.39, 0.29) is 6.54 Å². The summed E-state index contributed by atoms with van der Waals surface area (Å²) in [6.07, 6.45) is -4.05. The minimum absolute atomic E-state index is 0.154. The van der Waals surface area contributed by atoms with Crippen LogP contribution in [0.25, 0.3) is 0 Å². The monoisotopic (exact) mass is 282 g/mol. The van der Waals surface area contributed by atoms with Gasteiger partial charge < -0.3 is 15.5 Å². The van der Waals surface area contributed by atoms with Crippen molar-refractivity contribution >= 4 is 5.96 Å². The Hall–Kier alpha value is -0.980. The number of nitrogens with zero attached hydrogens (tertiary/aromatic N) is 2. The van der Waals surface area contributed by atoms with E-state index in [1.165, 1.54) is 0 Å². The summed E-state index contributed by atoms with van der Waals surface area (Å²) in [5, 5.41) is 5.65. The molecule has 0 saturated heterocycles. The molecular formula is C12H25F3N4. The van der Waals surface area contributed by atoms with Crippen molar-refractivity contribution < 1.29 is 13.2 Å². The largest absolute Gasteiger partial charge is 0.390 e. The average Bonchev–Trinajstić information content (AvgIpc) is 2.35. The molecule has 0 aromatic carbocycles. The summed E-state index contributed by atoms with van der Waals surface area (Å²) in [5.74, 6) is 0.420. The summed E-state index contributed by atoms with van der Waals surface area (Å²) in [5.41, 5.74) is 0. The van der Waals surface area contributed by atoms with E-state index in [1.54, 1.807) is 7.05 Å². The Labute approximate surface area is 113 Å². The summed E-state index contributed by atoms with van der Waals surface area (Å²) < 4.78 is 35.9. The van der Waals surface area contributed by atoms with Crippen LogP contribution in [0.15, 0.2) is 4.99 Å². The van der Waals surface area contributed by atoms with E-state index < -0.39 is 12.6 Å². The van der Waals surface area contributed by atoms with Gasteiger partial charge in [-0.15, -0.1) is 0 Å². The Morgan fingerprint density at radius 3 is 2.16 bits per heavy atom. The molecule has 0 aliphatic carbocycles. The third-order valence-corrected chi connectivity index (χ3v) is 2.76. The van der Waals surface area contributed by atoms with Gasteiger partial charge in [0.1, 0.15) is 0 Å². The number of halogens is 3. The molecule has 0 aliphatic heterocycles. The fraction of sp³-hybridized carbons (Fsp3) is 0.917. The maximum absolute atomic E-state index is 12.0. The highest BCUT2D eigenvalue weighted by Gasteiger charge is 2.26. The number of nitrogens with one attached hydrogen (secondary N) is 2. The van der Waals surface area contributed by atoms with Crippen molar-refractivity contribution in [3.8, 4) is 0 Å². The molecule has 0 fully saturated rings. The van der Waals surface area contributed by atoms with Crippen molar-refractivity contribution in [2.75, 3.05) is 39.8 Å². The van der Waals surface area contributed by atoms with Gasteiger partial charge in [0.25, 0.3) is 0 Å². The third-order valence-electron chi connectivity index (χ3n) is 2.76. The van der Waals surface area contributed by atoms with E-state index in [1.807, 2.05) is 0 Å². The molecule has 0 aliphatic rings. The molecular weight excluding hydrogens is 257 g/mol. The molecule has 0 amide bonds. The van der Waals surface area contributed by atoms with Crippen LogP contribution in [0.3, 0.4) is 0 Å². The molecule has 0 heterocycles. The van der Waals surface area contributed by atoms with Crippen LogP contribution in [0.4, 0.5) is 13.2 Å². The smallest absolute Gasteiger partial charge is 0.356 e. The van der Waals surface area contributed by atoms with Gasteiger partial charge in [-0.1, -0.05) is 13.8 Å². The highest BCUT2D eigenvalue weighted by atomic mass is 19.4. The van der Waals surface area contributed by atoms with Crippen LogP contribution in [0.5, 0.6) is 0 Å². The quantitative estimate of drug-likeness (QED) is 0.405. The van der Waals surface area contributed by atoms with E-state index in [4.69, 9.17) is 0 Å². The first-order chi connectivity index (χ1) is 8.92. The zero-order valence-electron chi connectivity index (χ0n) is 12.0. The van der Waals surface area contributed by atoms with Crippen LogP contribution in [0.2, 0.25) is 0 Å². The Morgan fingerprint density at radius 2 is 1.68 bits per heavy atom. The van der Waals surface area contributed by atoms with Gasteiger partial charge in [0.15, 0.2) is 5.96 Å². The second-order valence-electron chi connectivity index (χ2n) is 4.17. The summed E-state index contributed by atoms with van der Waals surface area (Å²) in [6.45, 7) is 7.74. The molecule has 19 heavy (non-hydrogen) atoms. The van der Waals surface area contributed by atoms with E-state index in [0.29, 0.717) is 12.5 Å². The van der Waals surface area contributed by atoms with Gasteiger partial charge in [0.2, 0.25) is 0 Å². The van der Waals surface area contributed by atoms with Crippen molar-refractivity contribution in [1.29, 1.82) is 0 Å². The van der Waals surface area contributed by atoms with Gasteiger partial charge in [-0.2, -0.15) is 13.2 Å². The van der Waals surface area contributed by atoms with Gasteiger partial charge in [-0.25, -0.2) is 0 Å². The third kappa shape index (κ3) is 10.6. The highest BCUT2D eigenvalue weighted by molar-refractivity contribution is 5.79. The fourth-order valence-electron chi connectivity index (χ4n) is 1.59. The minimum atomic E-state index is -4.13. The molecule has 0 radical (unpaired) electrons. The molecule has 0 unspecified atom stereocenters. The van der Waals surface area contributed by atoms with Gasteiger partial charge in [0.05, 0.1) is 6.42 Å². The van der Waals surface area contributed by atoms with Crippen molar-refractivity contribution in [3.05, 3.63) is 0 Å². The van der Waals surface area contributed by atoms with Crippen molar-refractivity contribution in [2.45, 2.75) is 32.9 Å². The van der Waals surface area contributed by atoms with Gasteiger partial charge in [-0.3, -0.25) is 4.99 Å². The standard InChI is InChI=1S/C12H25F3N4/c1-4-19(5-2)10-6-8-17-11(16-3)18-9-7-12(13,14)15/h4-10H2,1-3H3,(H2,16,17,18). The number of rotatable bonds is 8. The molecule has 0 spiro atoms. The van der Waals surface area contributed by atoms with Crippen LogP contribution in [0.1, 0.15) is 26.7 Å². The Balaban J connectivity index is 3.72. The minimum Gasteiger partial charge on any atom is -0.356 e. The zero-order chi connectivity index (χ0) is 14.7. The van der Waals surface area contributed by atoms with Crippen LogP contribution in [0, 0.1) is 0 Å². The molecule has 7 heteroatoms.